The molecule has 42 heavy (non-hydrogen) atoms. The molecule has 0 spiro atoms. The second kappa shape index (κ2) is 18.6. The molecule has 0 radical (unpaired) electrons. The van der Waals surface area contributed by atoms with Crippen LogP contribution in [0, 0.1) is 0 Å². The maximum absolute atomic E-state index is 12.5. The number of carbonyl (C=O) groups is 1. The van der Waals surface area contributed by atoms with Crippen LogP contribution in [0.25, 0.3) is 0 Å². The van der Waals surface area contributed by atoms with E-state index >= 15 is 0 Å². The number of aliphatic hydroxyl groups excluding tert-OH is 6. The SMILES string of the molecule is CC1CCCCCC/C=C\CCCCCCCC(=O)OC2C(CO)OC(OC3C(O1)OC(CO)C(O)C3O)C(O)C2O. The van der Waals surface area contributed by atoms with Gasteiger partial charge in [0.15, 0.2) is 18.7 Å². The van der Waals surface area contributed by atoms with E-state index in [1.165, 1.54) is 0 Å². The minimum absolute atomic E-state index is 0.129. The van der Waals surface area contributed by atoms with Gasteiger partial charge in [0.2, 0.25) is 0 Å². The number of fused-ring (bicyclic) bond motifs is 19. The first-order valence-corrected chi connectivity index (χ1v) is 15.7. The van der Waals surface area contributed by atoms with Crippen molar-refractivity contribution in [3.8, 4) is 0 Å². The summed E-state index contributed by atoms with van der Waals surface area (Å²) < 4.78 is 28.7. The number of esters is 1. The Labute approximate surface area is 248 Å². The Morgan fingerprint density at radius 2 is 1.21 bits per heavy atom. The Hall–Kier alpha value is -1.19. The van der Waals surface area contributed by atoms with Crippen LogP contribution in [-0.2, 0) is 28.5 Å². The zero-order valence-electron chi connectivity index (χ0n) is 24.7. The lowest BCUT2D eigenvalue weighted by molar-refractivity contribution is -0.371. The second-order valence-electron chi connectivity index (χ2n) is 11.7. The van der Waals surface area contributed by atoms with Gasteiger partial charge in [-0.15, -0.1) is 0 Å². The molecule has 2 fully saturated rings. The molecule has 11 atom stereocenters. The Kier molecular flexibility index (Phi) is 15.6. The van der Waals surface area contributed by atoms with E-state index in [0.717, 1.165) is 64.2 Å². The van der Waals surface area contributed by atoms with E-state index in [9.17, 15) is 35.4 Å². The van der Waals surface area contributed by atoms with E-state index < -0.39 is 80.6 Å². The second-order valence-corrected chi connectivity index (χ2v) is 11.7. The Balaban J connectivity index is 1.72. The van der Waals surface area contributed by atoms with Crippen molar-refractivity contribution in [2.24, 2.45) is 0 Å². The van der Waals surface area contributed by atoms with Crippen molar-refractivity contribution in [3.05, 3.63) is 12.2 Å². The molecular formula is C30H52O12. The molecule has 4 aliphatic heterocycles. The predicted octanol–water partition coefficient (Wildman–Crippen LogP) is 1.21. The smallest absolute Gasteiger partial charge is 0.306 e. The Morgan fingerprint density at radius 1 is 0.643 bits per heavy atom. The molecule has 0 aliphatic carbocycles. The van der Waals surface area contributed by atoms with Crippen molar-refractivity contribution in [1.82, 2.24) is 0 Å². The molecule has 4 heterocycles. The van der Waals surface area contributed by atoms with Crippen LogP contribution in [0.1, 0.15) is 90.4 Å². The van der Waals surface area contributed by atoms with Gasteiger partial charge in [-0.3, -0.25) is 4.79 Å². The largest absolute Gasteiger partial charge is 0.457 e. The molecule has 12 heteroatoms. The highest BCUT2D eigenvalue weighted by Crippen LogP contribution is 2.31. The molecule has 244 valence electrons. The molecule has 0 aromatic rings. The average molecular weight is 605 g/mol. The van der Waals surface area contributed by atoms with Gasteiger partial charge < -0.3 is 54.3 Å². The van der Waals surface area contributed by atoms with E-state index in [2.05, 4.69) is 12.2 Å². The van der Waals surface area contributed by atoms with Crippen molar-refractivity contribution in [2.75, 3.05) is 13.2 Å². The summed E-state index contributed by atoms with van der Waals surface area (Å²) in [6.45, 7) is 0.625. The molecule has 4 aliphatic rings. The van der Waals surface area contributed by atoms with Gasteiger partial charge in [0.05, 0.1) is 19.3 Å². The zero-order valence-corrected chi connectivity index (χ0v) is 24.7. The van der Waals surface area contributed by atoms with Gasteiger partial charge in [-0.2, -0.15) is 0 Å². The molecule has 0 amide bonds. The average Bonchev–Trinajstić information content (AvgIpc) is 2.97. The van der Waals surface area contributed by atoms with Crippen LogP contribution < -0.4 is 0 Å². The van der Waals surface area contributed by atoms with Gasteiger partial charge in [0, 0.05) is 6.42 Å². The summed E-state index contributed by atoms with van der Waals surface area (Å²) in [6, 6.07) is 0. The maximum Gasteiger partial charge on any atom is 0.306 e. The van der Waals surface area contributed by atoms with Crippen LogP contribution in [0.2, 0.25) is 0 Å². The molecule has 6 N–H and O–H groups in total. The molecule has 0 aromatic carbocycles. The van der Waals surface area contributed by atoms with E-state index in [-0.39, 0.29) is 12.5 Å². The van der Waals surface area contributed by atoms with Crippen LogP contribution in [0.3, 0.4) is 0 Å². The molecular weight excluding hydrogens is 552 g/mol. The number of aliphatic hydroxyl groups is 6. The quantitative estimate of drug-likeness (QED) is 0.196. The Bertz CT molecular complexity index is 794. The summed E-state index contributed by atoms with van der Waals surface area (Å²) in [6.07, 6.45) is 1.47. The van der Waals surface area contributed by atoms with Gasteiger partial charge >= 0.3 is 5.97 Å². The minimum atomic E-state index is -1.73. The maximum atomic E-state index is 12.5. The molecule has 0 aromatic heterocycles. The van der Waals surface area contributed by atoms with Crippen LogP contribution in [0.4, 0.5) is 0 Å². The van der Waals surface area contributed by atoms with Gasteiger partial charge in [-0.25, -0.2) is 0 Å². The van der Waals surface area contributed by atoms with Crippen molar-refractivity contribution >= 4 is 5.97 Å². The van der Waals surface area contributed by atoms with Crippen LogP contribution in [0.5, 0.6) is 0 Å². The van der Waals surface area contributed by atoms with Gasteiger partial charge in [-0.1, -0.05) is 50.7 Å². The number of allylic oxidation sites excluding steroid dienone is 2. The number of hydrogen-bond donors (Lipinski definition) is 6. The highest BCUT2D eigenvalue weighted by atomic mass is 16.8. The lowest BCUT2D eigenvalue weighted by Crippen LogP contribution is -2.65. The van der Waals surface area contributed by atoms with Crippen LogP contribution in [0.15, 0.2) is 12.2 Å². The molecule has 12 nitrogen and oxygen atoms in total. The van der Waals surface area contributed by atoms with E-state index in [0.29, 0.717) is 12.8 Å². The van der Waals surface area contributed by atoms with E-state index in [1.54, 1.807) is 0 Å². The summed E-state index contributed by atoms with van der Waals surface area (Å²) in [5.41, 5.74) is 0. The lowest BCUT2D eigenvalue weighted by Gasteiger charge is -2.46. The van der Waals surface area contributed by atoms with Crippen LogP contribution in [-0.4, -0.2) is 117 Å². The number of rotatable bonds is 2. The molecule has 0 saturated carbocycles. The van der Waals surface area contributed by atoms with Crippen molar-refractivity contribution in [1.29, 1.82) is 0 Å². The Morgan fingerprint density at radius 3 is 1.88 bits per heavy atom. The fraction of sp³-hybridized carbons (Fsp3) is 0.900. The third-order valence-corrected chi connectivity index (χ3v) is 8.22. The minimum Gasteiger partial charge on any atom is -0.457 e. The normalized spacial score (nSPS) is 41.9. The zero-order chi connectivity index (χ0) is 30.5. The lowest BCUT2D eigenvalue weighted by atomic mass is 9.97. The third-order valence-electron chi connectivity index (χ3n) is 8.22. The highest BCUT2D eigenvalue weighted by Gasteiger charge is 2.52. The number of ether oxygens (including phenoxy) is 5. The fourth-order valence-corrected chi connectivity index (χ4v) is 5.63. The first kappa shape index (κ1) is 35.3. The van der Waals surface area contributed by atoms with Gasteiger partial charge in [0.25, 0.3) is 0 Å². The molecule has 11 unspecified atom stereocenters. The number of carbonyl (C=O) groups excluding carboxylic acids is 1. The molecule has 4 rings (SSSR count). The predicted molar refractivity (Wildman–Crippen MR) is 150 cm³/mol. The van der Waals surface area contributed by atoms with Crippen molar-refractivity contribution in [2.45, 2.75) is 158 Å². The standard InChI is InChI=1S/C30H52O12/c1-19-15-13-11-9-7-5-3-2-4-6-8-10-12-14-16-22(33)41-27-21(18-32)40-29(26(37)25(27)36)42-28-24(35)23(34)20(17-31)39-30(28)38-19/h2-3,19-21,23-32,34-37H,4-18H2,1H3/b3-2-. The fourth-order valence-electron chi connectivity index (χ4n) is 5.63. The summed E-state index contributed by atoms with van der Waals surface area (Å²) in [5.74, 6) is -0.575. The van der Waals surface area contributed by atoms with Crippen molar-refractivity contribution < 1.29 is 59.1 Å². The highest BCUT2D eigenvalue weighted by molar-refractivity contribution is 5.69. The first-order chi connectivity index (χ1) is 20.3. The van der Waals surface area contributed by atoms with Gasteiger partial charge in [-0.05, 0) is 45.4 Å². The summed E-state index contributed by atoms with van der Waals surface area (Å²) in [5, 5.41) is 62.6. The monoisotopic (exact) mass is 604 g/mol. The third kappa shape index (κ3) is 10.5. The summed E-state index contributed by atoms with van der Waals surface area (Å²) >= 11 is 0. The van der Waals surface area contributed by atoms with E-state index in [4.69, 9.17) is 23.7 Å². The summed E-state index contributed by atoms with van der Waals surface area (Å²) in [4.78, 5) is 12.5. The van der Waals surface area contributed by atoms with Crippen LogP contribution >= 0.6 is 0 Å². The van der Waals surface area contributed by atoms with E-state index in [1.807, 2.05) is 6.92 Å². The topological polar surface area (TPSA) is 185 Å². The number of hydrogen-bond acceptors (Lipinski definition) is 12. The van der Waals surface area contributed by atoms with Gasteiger partial charge in [0.1, 0.15) is 42.7 Å². The molecule has 2 saturated heterocycles. The summed E-state index contributed by atoms with van der Waals surface area (Å²) in [7, 11) is 0. The first-order valence-electron chi connectivity index (χ1n) is 15.7. The molecule has 2 bridgehead atoms. The van der Waals surface area contributed by atoms with Crippen molar-refractivity contribution in [3.63, 3.8) is 0 Å².